The highest BCUT2D eigenvalue weighted by Gasteiger charge is 2.44. The molecule has 0 aromatic rings. The fourth-order valence-electron chi connectivity index (χ4n) is 2.74. The number of carbonyl (C=O) groups is 1. The van der Waals surface area contributed by atoms with Crippen LogP contribution in [0.3, 0.4) is 0 Å². The number of carbonyl (C=O) groups excluding carboxylic acids is 1. The lowest BCUT2D eigenvalue weighted by molar-refractivity contribution is -0.135. The number of hydrogen-bond donors (Lipinski definition) is 1. The van der Waals surface area contributed by atoms with Gasteiger partial charge in [-0.25, -0.2) is 17.2 Å². The molecule has 0 aromatic carbocycles. The Hall–Kier alpha value is -0.800. The van der Waals surface area contributed by atoms with Gasteiger partial charge < -0.3 is 4.90 Å². The highest BCUT2D eigenvalue weighted by atomic mass is 32.2. The number of halogens is 2. The quantitative estimate of drug-likeness (QED) is 0.745. The molecule has 0 saturated carbocycles. The summed E-state index contributed by atoms with van der Waals surface area (Å²) in [5.41, 5.74) is 0. The second kappa shape index (κ2) is 5.19. The van der Waals surface area contributed by atoms with Crippen LogP contribution in [-0.4, -0.2) is 74.0 Å². The molecular formula is C11H19F2N3O3S. The minimum Gasteiger partial charge on any atom is -0.338 e. The molecule has 1 N–H and O–H groups in total. The molecule has 0 aliphatic carbocycles. The molecule has 6 nitrogen and oxygen atoms in total. The number of nitrogens with zero attached hydrogens (tertiary/aromatic N) is 2. The van der Waals surface area contributed by atoms with Crippen LogP contribution in [0.1, 0.15) is 13.3 Å². The monoisotopic (exact) mass is 311 g/mol. The molecule has 2 saturated heterocycles. The van der Waals surface area contributed by atoms with E-state index in [0.717, 1.165) is 6.26 Å². The summed E-state index contributed by atoms with van der Waals surface area (Å²) in [6.45, 7) is 1.89. The first-order valence-electron chi connectivity index (χ1n) is 6.47. The minimum atomic E-state index is -3.30. The van der Waals surface area contributed by atoms with Crippen molar-refractivity contribution in [3.05, 3.63) is 0 Å². The third-order valence-corrected chi connectivity index (χ3v) is 5.11. The lowest BCUT2D eigenvalue weighted by Gasteiger charge is -2.39. The van der Waals surface area contributed by atoms with Gasteiger partial charge in [0, 0.05) is 32.1 Å². The Morgan fingerprint density at radius 2 is 2.00 bits per heavy atom. The maximum Gasteiger partial charge on any atom is 0.262 e. The summed E-state index contributed by atoms with van der Waals surface area (Å²) < 4.78 is 50.6. The van der Waals surface area contributed by atoms with Gasteiger partial charge in [-0.15, -0.1) is 0 Å². The molecule has 2 aliphatic rings. The molecule has 0 bridgehead atoms. The van der Waals surface area contributed by atoms with Gasteiger partial charge in [-0.1, -0.05) is 0 Å². The largest absolute Gasteiger partial charge is 0.338 e. The molecule has 0 radical (unpaired) electrons. The number of sulfonamides is 1. The van der Waals surface area contributed by atoms with Crippen molar-refractivity contribution in [1.29, 1.82) is 0 Å². The van der Waals surface area contributed by atoms with E-state index in [-0.39, 0.29) is 31.6 Å². The summed E-state index contributed by atoms with van der Waals surface area (Å²) >= 11 is 0. The fraction of sp³-hybridized carbons (Fsp3) is 0.909. The number of amides is 1. The zero-order valence-electron chi connectivity index (χ0n) is 11.5. The number of rotatable bonds is 2. The zero-order chi connectivity index (χ0) is 15.1. The van der Waals surface area contributed by atoms with E-state index in [1.807, 2.05) is 0 Å². The van der Waals surface area contributed by atoms with Gasteiger partial charge in [-0.05, 0) is 6.92 Å². The lowest BCUT2D eigenvalue weighted by Crippen LogP contribution is -2.57. The molecule has 20 heavy (non-hydrogen) atoms. The Labute approximate surface area is 117 Å². The molecule has 1 amide bonds. The number of alkyl halides is 2. The van der Waals surface area contributed by atoms with Crippen LogP contribution in [-0.2, 0) is 14.8 Å². The van der Waals surface area contributed by atoms with E-state index < -0.39 is 35.0 Å². The van der Waals surface area contributed by atoms with Crippen molar-refractivity contribution < 1.29 is 22.0 Å². The molecule has 2 atom stereocenters. The smallest absolute Gasteiger partial charge is 0.262 e. The van der Waals surface area contributed by atoms with Crippen molar-refractivity contribution in [3.63, 3.8) is 0 Å². The summed E-state index contributed by atoms with van der Waals surface area (Å²) in [6.07, 6.45) is 0.632. The van der Waals surface area contributed by atoms with Crippen LogP contribution < -0.4 is 5.32 Å². The van der Waals surface area contributed by atoms with Gasteiger partial charge in [-0.3, -0.25) is 10.1 Å². The molecule has 1 unspecified atom stereocenters. The third kappa shape index (κ3) is 3.26. The van der Waals surface area contributed by atoms with E-state index >= 15 is 0 Å². The predicted molar refractivity (Wildman–Crippen MR) is 68.9 cm³/mol. The maximum atomic E-state index is 13.1. The Morgan fingerprint density at radius 1 is 1.35 bits per heavy atom. The predicted octanol–water partition coefficient (Wildman–Crippen LogP) is -0.524. The molecule has 2 rings (SSSR count). The molecule has 0 spiro atoms. The Morgan fingerprint density at radius 3 is 2.45 bits per heavy atom. The van der Waals surface area contributed by atoms with Crippen molar-refractivity contribution in [2.75, 3.05) is 32.4 Å². The Balaban J connectivity index is 1.98. The molecular weight excluding hydrogens is 292 g/mol. The molecule has 116 valence electrons. The summed E-state index contributed by atoms with van der Waals surface area (Å²) in [4.78, 5) is 13.6. The van der Waals surface area contributed by atoms with Crippen LogP contribution >= 0.6 is 0 Å². The topological polar surface area (TPSA) is 69.7 Å². The molecule has 2 aliphatic heterocycles. The minimum absolute atomic E-state index is 0.203. The first kappa shape index (κ1) is 15.6. The van der Waals surface area contributed by atoms with Gasteiger partial charge in [0.2, 0.25) is 15.9 Å². The van der Waals surface area contributed by atoms with Crippen LogP contribution in [0.2, 0.25) is 0 Å². The maximum absolute atomic E-state index is 13.1. The fourth-order valence-corrected chi connectivity index (χ4v) is 3.88. The van der Waals surface area contributed by atoms with Crippen molar-refractivity contribution in [1.82, 2.24) is 14.5 Å². The van der Waals surface area contributed by atoms with Crippen molar-refractivity contribution in [2.24, 2.45) is 0 Å². The van der Waals surface area contributed by atoms with Crippen molar-refractivity contribution in [3.8, 4) is 0 Å². The van der Waals surface area contributed by atoms with Crippen molar-refractivity contribution in [2.45, 2.75) is 31.4 Å². The second-order valence-electron chi connectivity index (χ2n) is 5.50. The van der Waals surface area contributed by atoms with Gasteiger partial charge in [0.1, 0.15) is 0 Å². The Kier molecular flexibility index (Phi) is 4.05. The first-order valence-corrected chi connectivity index (χ1v) is 8.32. The normalized spacial score (nSPS) is 31.5. The van der Waals surface area contributed by atoms with Crippen LogP contribution in [0.15, 0.2) is 0 Å². The van der Waals surface area contributed by atoms with Gasteiger partial charge in [0.05, 0.1) is 18.8 Å². The molecule has 9 heteroatoms. The van der Waals surface area contributed by atoms with E-state index in [1.54, 1.807) is 6.92 Å². The highest BCUT2D eigenvalue weighted by molar-refractivity contribution is 7.88. The Bertz CT molecular complexity index is 497. The van der Waals surface area contributed by atoms with Gasteiger partial charge in [0.15, 0.2) is 0 Å². The number of hydrogen-bond acceptors (Lipinski definition) is 4. The van der Waals surface area contributed by atoms with Gasteiger partial charge in [-0.2, -0.15) is 4.31 Å². The van der Waals surface area contributed by atoms with Gasteiger partial charge >= 0.3 is 0 Å². The second-order valence-corrected chi connectivity index (χ2v) is 7.44. The van der Waals surface area contributed by atoms with E-state index in [4.69, 9.17) is 0 Å². The molecule has 2 heterocycles. The lowest BCUT2D eigenvalue weighted by atomic mass is 10.1. The highest BCUT2D eigenvalue weighted by Crippen LogP contribution is 2.26. The van der Waals surface area contributed by atoms with E-state index in [9.17, 15) is 22.0 Å². The average Bonchev–Trinajstić information content (AvgIpc) is 2.67. The number of nitrogens with one attached hydrogen (secondary N) is 1. The zero-order valence-corrected chi connectivity index (χ0v) is 12.3. The van der Waals surface area contributed by atoms with Crippen LogP contribution in [0.25, 0.3) is 0 Å². The summed E-state index contributed by atoms with van der Waals surface area (Å²) in [5, 5.41) is 2.53. The summed E-state index contributed by atoms with van der Waals surface area (Å²) in [6, 6.07) is -1.22. The van der Waals surface area contributed by atoms with Gasteiger partial charge in [0.25, 0.3) is 5.92 Å². The van der Waals surface area contributed by atoms with Crippen LogP contribution in [0.4, 0.5) is 8.78 Å². The van der Waals surface area contributed by atoms with E-state index in [1.165, 1.54) is 9.21 Å². The molecule has 0 aromatic heterocycles. The van der Waals surface area contributed by atoms with E-state index in [0.29, 0.717) is 0 Å². The van der Waals surface area contributed by atoms with Crippen LogP contribution in [0.5, 0.6) is 0 Å². The first-order chi connectivity index (χ1) is 9.10. The van der Waals surface area contributed by atoms with Crippen LogP contribution in [0, 0.1) is 0 Å². The van der Waals surface area contributed by atoms with E-state index in [2.05, 4.69) is 5.32 Å². The standard InChI is InChI=1S/C11H19F2N3O3S/c1-8-6-15(3-4-16(8)20(2,18)19)10(17)9-5-11(12,13)7-14-9/h8-9,14H,3-7H2,1-2H3/t8-,9?/m0/s1. The number of piperazine rings is 1. The average molecular weight is 311 g/mol. The summed E-state index contributed by atoms with van der Waals surface area (Å²) in [7, 11) is -3.30. The molecule has 2 fully saturated rings. The van der Waals surface area contributed by atoms with Crippen molar-refractivity contribution >= 4 is 15.9 Å². The SMILES string of the molecule is C[C@H]1CN(C(=O)C2CC(F)(F)CN2)CCN1S(C)(=O)=O. The third-order valence-electron chi connectivity index (χ3n) is 3.71. The summed E-state index contributed by atoms with van der Waals surface area (Å²) in [5.74, 6) is -3.22.